The van der Waals surface area contributed by atoms with Crippen molar-refractivity contribution in [2.24, 2.45) is 0 Å². The third-order valence-electron chi connectivity index (χ3n) is 7.97. The van der Waals surface area contributed by atoms with Crippen LogP contribution in [-0.4, -0.2) is 44.6 Å². The minimum absolute atomic E-state index is 0.268. The predicted molar refractivity (Wildman–Crippen MR) is 195 cm³/mol. The molecule has 2 unspecified atom stereocenters. The van der Waals surface area contributed by atoms with Gasteiger partial charge in [0.15, 0.2) is 12.2 Å². The average Bonchev–Trinajstić information content (AvgIpc) is 3.04. The molecule has 0 saturated heterocycles. The van der Waals surface area contributed by atoms with Crippen molar-refractivity contribution in [3.63, 3.8) is 0 Å². The zero-order valence-electron chi connectivity index (χ0n) is 29.8. The van der Waals surface area contributed by atoms with Gasteiger partial charge in [-0.25, -0.2) is 9.59 Å². The van der Waals surface area contributed by atoms with Gasteiger partial charge in [-0.3, -0.25) is 0 Å². The van der Waals surface area contributed by atoms with Crippen LogP contribution in [0.2, 0.25) is 0 Å². The Morgan fingerprint density at radius 2 is 0.717 bits per heavy atom. The third-order valence-corrected chi connectivity index (χ3v) is 7.97. The highest BCUT2D eigenvalue weighted by Crippen LogP contribution is 2.14. The lowest BCUT2D eigenvalue weighted by atomic mass is 10.0. The van der Waals surface area contributed by atoms with Crippen LogP contribution < -0.4 is 0 Å². The number of hydrogen-bond donors (Lipinski definition) is 4. The van der Waals surface area contributed by atoms with Crippen LogP contribution in [-0.2, 0) is 9.59 Å². The molecule has 0 bridgehead atoms. The molecule has 0 heterocycles. The zero-order chi connectivity index (χ0) is 34.4. The zero-order valence-corrected chi connectivity index (χ0v) is 29.8. The van der Waals surface area contributed by atoms with Crippen LogP contribution in [0.25, 0.3) is 0 Å². The SMILES string of the molecule is CCCCCC=CCC=CCC=CCC=CCCC(O)C(=O)O.CCCCCCCCCCCCCCCCCCC(O)C(=O)O. The molecule has 0 aliphatic heterocycles. The number of carbonyl (C=O) groups is 2. The Kier molecular flexibility index (Phi) is 39.0. The van der Waals surface area contributed by atoms with E-state index in [4.69, 9.17) is 20.4 Å². The molecular weight excluding hydrogens is 576 g/mol. The van der Waals surface area contributed by atoms with Crippen molar-refractivity contribution in [2.45, 2.75) is 193 Å². The number of carboxylic acids is 2. The van der Waals surface area contributed by atoms with Crippen molar-refractivity contribution >= 4 is 11.9 Å². The van der Waals surface area contributed by atoms with E-state index in [1.54, 1.807) is 0 Å². The summed E-state index contributed by atoms with van der Waals surface area (Å²) in [6.07, 6.45) is 44.6. The lowest BCUT2D eigenvalue weighted by molar-refractivity contribution is -0.147. The average molecular weight is 649 g/mol. The van der Waals surface area contributed by atoms with E-state index < -0.39 is 24.1 Å². The van der Waals surface area contributed by atoms with E-state index >= 15 is 0 Å². The molecule has 0 aliphatic rings. The number of aliphatic carboxylic acids is 2. The Balaban J connectivity index is 0. The van der Waals surface area contributed by atoms with Crippen LogP contribution >= 0.6 is 0 Å². The number of aliphatic hydroxyl groups is 2. The first-order valence-electron chi connectivity index (χ1n) is 18.8. The molecular formula is C40H72O6. The number of allylic oxidation sites excluding steroid dienone is 8. The summed E-state index contributed by atoms with van der Waals surface area (Å²) in [5.74, 6) is -2.24. The standard InChI is InChI=1S/C20H40O3.C20H32O3/c2*1-2-3-4-5-6-7-8-9-10-11-12-13-14-15-16-17-18-19(21)20(22)23/h19,21H,2-18H2,1H3,(H,22,23);6-7,9-10,12-13,15-16,19,21H,2-5,8,11,14,17-18H2,1H3,(H,22,23). The second kappa shape index (κ2) is 39.0. The van der Waals surface area contributed by atoms with Gasteiger partial charge in [0.25, 0.3) is 0 Å². The van der Waals surface area contributed by atoms with Gasteiger partial charge in [0.1, 0.15) is 0 Å². The summed E-state index contributed by atoms with van der Waals surface area (Å²) in [6.45, 7) is 4.49. The van der Waals surface area contributed by atoms with Gasteiger partial charge in [-0.2, -0.15) is 0 Å². The molecule has 0 aromatic heterocycles. The first-order chi connectivity index (χ1) is 22.4. The van der Waals surface area contributed by atoms with Crippen LogP contribution in [0.1, 0.15) is 181 Å². The van der Waals surface area contributed by atoms with E-state index in [1.807, 2.05) is 12.2 Å². The molecule has 0 aromatic rings. The topological polar surface area (TPSA) is 115 Å². The summed E-state index contributed by atoms with van der Waals surface area (Å²) >= 11 is 0. The smallest absolute Gasteiger partial charge is 0.332 e. The van der Waals surface area contributed by atoms with Crippen molar-refractivity contribution in [1.29, 1.82) is 0 Å². The molecule has 0 rings (SSSR count). The van der Waals surface area contributed by atoms with E-state index in [9.17, 15) is 9.59 Å². The van der Waals surface area contributed by atoms with Crippen LogP contribution in [0.4, 0.5) is 0 Å². The second-order valence-corrected chi connectivity index (χ2v) is 12.5. The van der Waals surface area contributed by atoms with Crippen LogP contribution in [0, 0.1) is 0 Å². The van der Waals surface area contributed by atoms with Gasteiger partial charge in [-0.1, -0.05) is 178 Å². The highest BCUT2D eigenvalue weighted by molar-refractivity contribution is 5.72. The van der Waals surface area contributed by atoms with Crippen molar-refractivity contribution in [2.75, 3.05) is 0 Å². The maximum atomic E-state index is 10.4. The fourth-order valence-corrected chi connectivity index (χ4v) is 4.95. The molecule has 0 spiro atoms. The van der Waals surface area contributed by atoms with Crippen molar-refractivity contribution < 1.29 is 30.0 Å². The predicted octanol–water partition coefficient (Wildman–Crippen LogP) is 11.3. The van der Waals surface area contributed by atoms with Gasteiger partial charge in [0, 0.05) is 0 Å². The summed E-state index contributed by atoms with van der Waals surface area (Å²) in [7, 11) is 0. The Labute approximate surface area is 283 Å². The number of aliphatic hydroxyl groups excluding tert-OH is 2. The number of unbranched alkanes of at least 4 members (excludes halogenated alkanes) is 18. The Morgan fingerprint density at radius 3 is 1.11 bits per heavy atom. The fourth-order valence-electron chi connectivity index (χ4n) is 4.95. The number of carboxylic acid groups (broad SMARTS) is 2. The Bertz CT molecular complexity index is 770. The largest absolute Gasteiger partial charge is 0.479 e. The second-order valence-electron chi connectivity index (χ2n) is 12.5. The van der Waals surface area contributed by atoms with Crippen LogP contribution in [0.15, 0.2) is 48.6 Å². The van der Waals surface area contributed by atoms with E-state index in [-0.39, 0.29) is 6.42 Å². The van der Waals surface area contributed by atoms with Crippen molar-refractivity contribution in [1.82, 2.24) is 0 Å². The monoisotopic (exact) mass is 649 g/mol. The lowest BCUT2D eigenvalue weighted by Gasteiger charge is -2.05. The molecule has 0 aliphatic carbocycles. The molecule has 46 heavy (non-hydrogen) atoms. The van der Waals surface area contributed by atoms with E-state index in [2.05, 4.69) is 50.3 Å². The molecule has 6 nitrogen and oxygen atoms in total. The third kappa shape index (κ3) is 39.8. The van der Waals surface area contributed by atoms with E-state index in [0.717, 1.165) is 32.1 Å². The fraction of sp³-hybridized carbons (Fsp3) is 0.750. The molecule has 6 heteroatoms. The molecule has 0 aromatic carbocycles. The first kappa shape index (κ1) is 45.9. The van der Waals surface area contributed by atoms with Crippen molar-refractivity contribution in [3.05, 3.63) is 48.6 Å². The van der Waals surface area contributed by atoms with Gasteiger partial charge in [-0.05, 0) is 51.4 Å². The maximum absolute atomic E-state index is 10.4. The number of rotatable bonds is 32. The van der Waals surface area contributed by atoms with Crippen LogP contribution in [0.5, 0.6) is 0 Å². The molecule has 0 fully saturated rings. The highest BCUT2D eigenvalue weighted by Gasteiger charge is 2.11. The summed E-state index contributed by atoms with van der Waals surface area (Å²) in [5, 5.41) is 35.3. The molecule has 0 saturated carbocycles. The highest BCUT2D eigenvalue weighted by atomic mass is 16.4. The lowest BCUT2D eigenvalue weighted by Crippen LogP contribution is -2.18. The molecule has 0 amide bonds. The van der Waals surface area contributed by atoms with Gasteiger partial charge in [-0.15, -0.1) is 0 Å². The van der Waals surface area contributed by atoms with Gasteiger partial charge < -0.3 is 20.4 Å². The first-order valence-corrected chi connectivity index (χ1v) is 18.8. The normalized spacial score (nSPS) is 13.1. The van der Waals surface area contributed by atoms with Gasteiger partial charge >= 0.3 is 11.9 Å². The number of hydrogen-bond acceptors (Lipinski definition) is 4. The minimum atomic E-state index is -1.25. The summed E-state index contributed by atoms with van der Waals surface area (Å²) in [6, 6.07) is 0. The summed E-state index contributed by atoms with van der Waals surface area (Å²) in [5.41, 5.74) is 0. The van der Waals surface area contributed by atoms with Crippen LogP contribution in [0.3, 0.4) is 0 Å². The van der Waals surface area contributed by atoms with Gasteiger partial charge in [0.05, 0.1) is 0 Å². The summed E-state index contributed by atoms with van der Waals surface area (Å²) < 4.78 is 0. The summed E-state index contributed by atoms with van der Waals surface area (Å²) in [4.78, 5) is 20.8. The Hall–Kier alpha value is -2.18. The minimum Gasteiger partial charge on any atom is -0.479 e. The molecule has 0 radical (unpaired) electrons. The quantitative estimate of drug-likeness (QED) is 0.0426. The molecule has 268 valence electrons. The van der Waals surface area contributed by atoms with E-state index in [0.29, 0.717) is 12.8 Å². The van der Waals surface area contributed by atoms with Gasteiger partial charge in [0.2, 0.25) is 0 Å². The molecule has 4 N–H and O–H groups in total. The molecule has 2 atom stereocenters. The van der Waals surface area contributed by atoms with E-state index in [1.165, 1.54) is 116 Å². The van der Waals surface area contributed by atoms with Crippen molar-refractivity contribution in [3.8, 4) is 0 Å². The Morgan fingerprint density at radius 1 is 0.413 bits per heavy atom. The maximum Gasteiger partial charge on any atom is 0.332 e.